The van der Waals surface area contributed by atoms with Gasteiger partial charge in [0.15, 0.2) is 5.79 Å². The van der Waals surface area contributed by atoms with Crippen LogP contribution in [0.3, 0.4) is 0 Å². The Bertz CT molecular complexity index is 1060. The summed E-state index contributed by atoms with van der Waals surface area (Å²) in [6, 6.07) is 23.3. The van der Waals surface area contributed by atoms with E-state index < -0.39 is 29.9 Å². The monoisotopic (exact) mass is 432 g/mol. The predicted octanol–water partition coefficient (Wildman–Crippen LogP) is 5.37. The fraction of sp³-hybridized carbons (Fsp3) is 0.269. The zero-order valence-electron chi connectivity index (χ0n) is 17.6. The summed E-state index contributed by atoms with van der Waals surface area (Å²) in [5, 5.41) is 10.7. The molecule has 1 aliphatic carbocycles. The van der Waals surface area contributed by atoms with Gasteiger partial charge in [-0.2, -0.15) is 0 Å². The van der Waals surface area contributed by atoms with Crippen molar-refractivity contribution < 1.29 is 28.5 Å². The van der Waals surface area contributed by atoms with Crippen LogP contribution in [0.4, 0.5) is 0 Å². The summed E-state index contributed by atoms with van der Waals surface area (Å²) >= 11 is 0. The van der Waals surface area contributed by atoms with Crippen LogP contribution in [0.15, 0.2) is 94.8 Å². The van der Waals surface area contributed by atoms with Gasteiger partial charge < -0.3 is 23.7 Å². The van der Waals surface area contributed by atoms with Crippen LogP contribution in [0.2, 0.25) is 0 Å². The zero-order valence-corrected chi connectivity index (χ0v) is 17.6. The Morgan fingerprint density at radius 1 is 0.938 bits per heavy atom. The molecule has 5 rings (SSSR count). The van der Waals surface area contributed by atoms with Crippen molar-refractivity contribution in [3.8, 4) is 0 Å². The SMILES string of the molecule is COC(=O)C1=C(O)CCC2(O[C@@H](c3ccccc3)[C@H](c3ccccc3)O2)[C@@H]1c1ccco1. The first-order chi connectivity index (χ1) is 15.6. The Morgan fingerprint density at radius 2 is 1.53 bits per heavy atom. The molecule has 1 spiro atoms. The molecule has 0 unspecified atom stereocenters. The molecule has 6 heteroatoms. The molecule has 2 aliphatic rings. The van der Waals surface area contributed by atoms with Crippen molar-refractivity contribution in [2.24, 2.45) is 0 Å². The van der Waals surface area contributed by atoms with Gasteiger partial charge in [0.05, 0.1) is 18.9 Å². The molecule has 3 aromatic rings. The van der Waals surface area contributed by atoms with Gasteiger partial charge in [0, 0.05) is 12.8 Å². The van der Waals surface area contributed by atoms with Gasteiger partial charge in [-0.15, -0.1) is 0 Å². The summed E-state index contributed by atoms with van der Waals surface area (Å²) in [4.78, 5) is 12.7. The highest BCUT2D eigenvalue weighted by atomic mass is 16.8. The van der Waals surface area contributed by atoms with Crippen LogP contribution >= 0.6 is 0 Å². The number of hydrogen-bond acceptors (Lipinski definition) is 6. The average Bonchev–Trinajstić information content (AvgIpc) is 3.50. The van der Waals surface area contributed by atoms with Crippen LogP contribution in [0.5, 0.6) is 0 Å². The standard InChI is InChI=1S/C26H24O6/c1-29-25(28)21-19(27)14-15-26(22(21)20-13-8-16-30-20)31-23(17-9-4-2-5-10-17)24(32-26)18-11-6-3-7-12-18/h2-13,16,22-24,27H,14-15H2,1H3/t22-,23+,24+/m1/s1. The minimum absolute atomic E-state index is 0.0319. The van der Waals surface area contributed by atoms with E-state index in [-0.39, 0.29) is 17.8 Å². The van der Waals surface area contributed by atoms with E-state index in [0.717, 1.165) is 11.1 Å². The molecule has 6 nitrogen and oxygen atoms in total. The molecule has 1 aromatic heterocycles. The van der Waals surface area contributed by atoms with Gasteiger partial charge in [-0.3, -0.25) is 0 Å². The van der Waals surface area contributed by atoms with E-state index in [1.54, 1.807) is 12.1 Å². The molecular weight excluding hydrogens is 408 g/mol. The van der Waals surface area contributed by atoms with Gasteiger partial charge >= 0.3 is 5.97 Å². The van der Waals surface area contributed by atoms with Gasteiger partial charge in [0.1, 0.15) is 29.6 Å². The Kier molecular flexibility index (Phi) is 5.33. The molecular formula is C26H24O6. The number of hydrogen-bond donors (Lipinski definition) is 1. The highest BCUT2D eigenvalue weighted by Gasteiger charge is 2.59. The fourth-order valence-electron chi connectivity index (χ4n) is 4.72. The first kappa shape index (κ1) is 20.5. The first-order valence-electron chi connectivity index (χ1n) is 10.6. The molecule has 0 saturated carbocycles. The minimum Gasteiger partial charge on any atom is -0.512 e. The molecule has 1 saturated heterocycles. The second-order valence-electron chi connectivity index (χ2n) is 8.01. The maximum Gasteiger partial charge on any atom is 0.338 e. The number of allylic oxidation sites excluding steroid dienone is 1. The molecule has 1 aliphatic heterocycles. The van der Waals surface area contributed by atoms with Crippen LogP contribution in [-0.4, -0.2) is 24.0 Å². The van der Waals surface area contributed by atoms with Crippen LogP contribution in [0.1, 0.15) is 47.9 Å². The average molecular weight is 432 g/mol. The van der Waals surface area contributed by atoms with Gasteiger partial charge in [-0.05, 0) is 23.3 Å². The van der Waals surface area contributed by atoms with Crippen molar-refractivity contribution in [3.05, 3.63) is 107 Å². The zero-order chi connectivity index (χ0) is 22.1. The third-order valence-electron chi connectivity index (χ3n) is 6.17. The maximum absolute atomic E-state index is 12.7. The molecule has 32 heavy (non-hydrogen) atoms. The summed E-state index contributed by atoms with van der Waals surface area (Å²) in [5.41, 5.74) is 2.04. The number of carbonyl (C=O) groups excluding carboxylic acids is 1. The number of aliphatic hydroxyl groups excluding tert-OH is 1. The van der Waals surface area contributed by atoms with E-state index in [9.17, 15) is 9.90 Å². The van der Waals surface area contributed by atoms with Crippen LogP contribution in [0, 0.1) is 0 Å². The van der Waals surface area contributed by atoms with E-state index >= 15 is 0 Å². The molecule has 0 amide bonds. The van der Waals surface area contributed by atoms with Crippen molar-refractivity contribution in [2.45, 2.75) is 36.8 Å². The van der Waals surface area contributed by atoms with Crippen molar-refractivity contribution in [2.75, 3.05) is 7.11 Å². The maximum atomic E-state index is 12.7. The van der Waals surface area contributed by atoms with Crippen LogP contribution in [-0.2, 0) is 19.0 Å². The lowest BCUT2D eigenvalue weighted by Gasteiger charge is -2.39. The van der Waals surface area contributed by atoms with Crippen molar-refractivity contribution in [1.29, 1.82) is 0 Å². The normalized spacial score (nSPS) is 24.6. The highest BCUT2D eigenvalue weighted by Crippen LogP contribution is 2.58. The number of aliphatic hydroxyl groups is 1. The largest absolute Gasteiger partial charge is 0.512 e. The first-order valence-corrected chi connectivity index (χ1v) is 10.6. The van der Waals surface area contributed by atoms with Crippen molar-refractivity contribution >= 4 is 5.97 Å². The number of ether oxygens (including phenoxy) is 3. The quantitative estimate of drug-likeness (QED) is 0.559. The Labute approximate surface area is 186 Å². The molecule has 0 radical (unpaired) electrons. The molecule has 164 valence electrons. The Hall–Kier alpha value is -3.35. The number of benzene rings is 2. The highest BCUT2D eigenvalue weighted by molar-refractivity contribution is 5.91. The Balaban J connectivity index is 1.65. The number of carbonyl (C=O) groups is 1. The Morgan fingerprint density at radius 3 is 2.03 bits per heavy atom. The molecule has 0 bridgehead atoms. The summed E-state index contributed by atoms with van der Waals surface area (Å²) in [7, 11) is 1.29. The van der Waals surface area contributed by atoms with Gasteiger partial charge in [0.25, 0.3) is 0 Å². The van der Waals surface area contributed by atoms with E-state index in [0.29, 0.717) is 12.2 Å². The van der Waals surface area contributed by atoms with Gasteiger partial charge in [-0.25, -0.2) is 4.79 Å². The predicted molar refractivity (Wildman–Crippen MR) is 116 cm³/mol. The fourth-order valence-corrected chi connectivity index (χ4v) is 4.72. The molecule has 3 atom stereocenters. The summed E-state index contributed by atoms with van der Waals surface area (Å²) < 4.78 is 24.1. The van der Waals surface area contributed by atoms with Crippen LogP contribution in [0.25, 0.3) is 0 Å². The molecule has 2 aromatic carbocycles. The summed E-state index contributed by atoms with van der Waals surface area (Å²) in [6.45, 7) is 0. The number of methoxy groups -OCH3 is 1. The summed E-state index contributed by atoms with van der Waals surface area (Å²) in [5.74, 6) is -2.19. The molecule has 2 heterocycles. The van der Waals surface area contributed by atoms with Crippen molar-refractivity contribution in [1.82, 2.24) is 0 Å². The van der Waals surface area contributed by atoms with E-state index in [4.69, 9.17) is 18.6 Å². The second-order valence-corrected chi connectivity index (χ2v) is 8.01. The van der Waals surface area contributed by atoms with E-state index in [1.807, 2.05) is 60.7 Å². The van der Waals surface area contributed by atoms with E-state index in [1.165, 1.54) is 13.4 Å². The van der Waals surface area contributed by atoms with E-state index in [2.05, 4.69) is 0 Å². The lowest BCUT2D eigenvalue weighted by atomic mass is 9.79. The minimum atomic E-state index is -1.21. The smallest absolute Gasteiger partial charge is 0.338 e. The topological polar surface area (TPSA) is 78.1 Å². The van der Waals surface area contributed by atoms with Crippen molar-refractivity contribution in [3.63, 3.8) is 0 Å². The molecule has 1 fully saturated rings. The lowest BCUT2D eigenvalue weighted by Crippen LogP contribution is -2.43. The number of furan rings is 1. The van der Waals surface area contributed by atoms with Crippen LogP contribution < -0.4 is 0 Å². The number of rotatable bonds is 4. The third-order valence-corrected chi connectivity index (χ3v) is 6.17. The lowest BCUT2D eigenvalue weighted by molar-refractivity contribution is -0.201. The summed E-state index contributed by atoms with van der Waals surface area (Å²) in [6.07, 6.45) is 1.30. The van der Waals surface area contributed by atoms with Gasteiger partial charge in [-0.1, -0.05) is 60.7 Å². The third kappa shape index (κ3) is 3.42. The van der Waals surface area contributed by atoms with Gasteiger partial charge in [0.2, 0.25) is 0 Å². The number of esters is 1. The molecule has 1 N–H and O–H groups in total. The second kappa shape index (κ2) is 8.30.